The van der Waals surface area contributed by atoms with Gasteiger partial charge in [-0.3, -0.25) is 9.69 Å². The molecule has 0 bridgehead atoms. The molecule has 1 aromatic carbocycles. The molecule has 1 aromatic rings. The zero-order valence-corrected chi connectivity index (χ0v) is 29.1. The number of nitrogens with one attached hydrogen (secondary N) is 2. The van der Waals surface area contributed by atoms with Crippen LogP contribution in [-0.2, 0) is 32.1 Å². The first-order valence-corrected chi connectivity index (χ1v) is 17.1. The Bertz CT molecular complexity index is 1160. The SMILES string of the molecule is CNC/C(=C\NC1C=C(F)C=C(C2CCOCC2)C1)CN1CCCC1.COCc1ccc(O)cc1CCC(C)CCC(C)=O.NC=O. The number of likely N-dealkylation sites (N-methyl/N-ethyl adjacent to an activating group) is 1. The number of allylic oxidation sites excluding steroid dienone is 2. The van der Waals surface area contributed by atoms with Crippen LogP contribution in [-0.4, -0.2) is 81.8 Å². The number of hydrogen-bond donors (Lipinski definition) is 4. The Labute approximate surface area is 281 Å². The lowest BCUT2D eigenvalue weighted by Gasteiger charge is -2.29. The molecular weight excluding hydrogens is 599 g/mol. The molecule has 1 amide bonds. The molecule has 0 aromatic heterocycles. The number of methoxy groups -OCH3 is 1. The van der Waals surface area contributed by atoms with Crippen molar-refractivity contribution in [2.24, 2.45) is 17.6 Å². The van der Waals surface area contributed by atoms with Crippen LogP contribution in [0.25, 0.3) is 0 Å². The Kier molecular flexibility index (Phi) is 19.9. The topological polar surface area (TPSA) is 126 Å². The summed E-state index contributed by atoms with van der Waals surface area (Å²) in [4.78, 5) is 22.0. The number of carbonyl (C=O) groups is 2. The number of benzene rings is 1. The lowest BCUT2D eigenvalue weighted by atomic mass is 9.85. The van der Waals surface area contributed by atoms with Crippen molar-refractivity contribution in [2.45, 2.75) is 84.3 Å². The van der Waals surface area contributed by atoms with E-state index in [-0.39, 0.29) is 24.1 Å². The smallest absolute Gasteiger partial charge is 0.204 e. The summed E-state index contributed by atoms with van der Waals surface area (Å²) in [6, 6.07) is 5.46. The molecule has 10 heteroatoms. The molecule has 2 aliphatic heterocycles. The van der Waals surface area contributed by atoms with Gasteiger partial charge in [-0.15, -0.1) is 0 Å². The summed E-state index contributed by atoms with van der Waals surface area (Å²) in [6.07, 6.45) is 14.9. The minimum absolute atomic E-state index is 0.0493. The van der Waals surface area contributed by atoms with Crippen LogP contribution in [0, 0.1) is 11.8 Å². The molecule has 2 saturated heterocycles. The second kappa shape index (κ2) is 23.3. The van der Waals surface area contributed by atoms with Gasteiger partial charge in [0.2, 0.25) is 6.41 Å². The zero-order chi connectivity index (χ0) is 34.4. The fraction of sp³-hybridized carbons (Fsp3) is 0.622. The second-order valence-corrected chi connectivity index (χ2v) is 12.9. The average Bonchev–Trinajstić information content (AvgIpc) is 3.57. The maximum atomic E-state index is 14.1. The van der Waals surface area contributed by atoms with Gasteiger partial charge in [-0.05, 0) is 137 Å². The number of rotatable bonds is 15. The molecule has 2 atom stereocenters. The number of hydrogen-bond acceptors (Lipinski definition) is 8. The van der Waals surface area contributed by atoms with Crippen molar-refractivity contribution in [3.05, 3.63) is 64.7 Å². The summed E-state index contributed by atoms with van der Waals surface area (Å²) in [6.45, 7) is 10.2. The van der Waals surface area contributed by atoms with Crippen molar-refractivity contribution in [2.75, 3.05) is 53.6 Å². The van der Waals surface area contributed by atoms with E-state index in [1.807, 2.05) is 19.2 Å². The van der Waals surface area contributed by atoms with Gasteiger partial charge in [0.25, 0.3) is 0 Å². The first-order valence-electron chi connectivity index (χ1n) is 17.1. The van der Waals surface area contributed by atoms with Gasteiger partial charge < -0.3 is 35.7 Å². The van der Waals surface area contributed by atoms with E-state index in [1.54, 1.807) is 32.3 Å². The van der Waals surface area contributed by atoms with Gasteiger partial charge in [0, 0.05) is 39.8 Å². The highest BCUT2D eigenvalue weighted by molar-refractivity contribution is 5.75. The summed E-state index contributed by atoms with van der Waals surface area (Å²) >= 11 is 0. The van der Waals surface area contributed by atoms with Crippen LogP contribution in [0.1, 0.15) is 76.3 Å². The van der Waals surface area contributed by atoms with Crippen molar-refractivity contribution in [1.29, 1.82) is 0 Å². The molecular formula is C37H59FN4O5. The van der Waals surface area contributed by atoms with Gasteiger partial charge in [0.1, 0.15) is 17.4 Å². The summed E-state index contributed by atoms with van der Waals surface area (Å²) < 4.78 is 24.7. The summed E-state index contributed by atoms with van der Waals surface area (Å²) in [5.74, 6) is 1.44. The number of aryl methyl sites for hydroxylation is 1. The number of phenols is 1. The molecule has 5 N–H and O–H groups in total. The van der Waals surface area contributed by atoms with E-state index >= 15 is 0 Å². The Hall–Kier alpha value is -3.05. The molecule has 264 valence electrons. The quantitative estimate of drug-likeness (QED) is 0.186. The number of ketones is 1. The first-order chi connectivity index (χ1) is 22.7. The van der Waals surface area contributed by atoms with Gasteiger partial charge in [-0.1, -0.05) is 18.6 Å². The number of halogens is 1. The van der Waals surface area contributed by atoms with Crippen LogP contribution in [0.3, 0.4) is 0 Å². The van der Waals surface area contributed by atoms with Gasteiger partial charge >= 0.3 is 0 Å². The number of aromatic hydroxyl groups is 1. The number of primary amides is 1. The van der Waals surface area contributed by atoms with E-state index in [9.17, 15) is 14.3 Å². The maximum Gasteiger partial charge on any atom is 0.204 e. The third-order valence-corrected chi connectivity index (χ3v) is 8.80. The van der Waals surface area contributed by atoms with Crippen molar-refractivity contribution < 1.29 is 28.6 Å². The van der Waals surface area contributed by atoms with E-state index in [1.165, 1.54) is 37.1 Å². The number of amides is 1. The Balaban J connectivity index is 0.000000312. The Morgan fingerprint density at radius 2 is 1.91 bits per heavy atom. The van der Waals surface area contributed by atoms with E-state index in [2.05, 4.69) is 34.4 Å². The van der Waals surface area contributed by atoms with Gasteiger partial charge in [0.05, 0.1) is 12.6 Å². The number of nitrogens with two attached hydrogens (primary N) is 1. The van der Waals surface area contributed by atoms with Crippen LogP contribution >= 0.6 is 0 Å². The molecule has 3 aliphatic rings. The largest absolute Gasteiger partial charge is 0.508 e. The average molecular weight is 659 g/mol. The fourth-order valence-electron chi connectivity index (χ4n) is 6.22. The molecule has 47 heavy (non-hydrogen) atoms. The monoisotopic (exact) mass is 658 g/mol. The first kappa shape index (κ1) is 40.1. The minimum Gasteiger partial charge on any atom is -0.508 e. The van der Waals surface area contributed by atoms with Crippen LogP contribution in [0.2, 0.25) is 0 Å². The number of nitrogens with zero attached hydrogens (tertiary/aromatic N) is 1. The zero-order valence-electron chi connectivity index (χ0n) is 29.1. The highest BCUT2D eigenvalue weighted by Gasteiger charge is 2.24. The van der Waals surface area contributed by atoms with Gasteiger partial charge in [-0.2, -0.15) is 0 Å². The van der Waals surface area contributed by atoms with Gasteiger partial charge in [-0.25, -0.2) is 4.39 Å². The molecule has 2 fully saturated rings. The lowest BCUT2D eigenvalue weighted by molar-refractivity contribution is -0.117. The molecule has 9 nitrogen and oxygen atoms in total. The van der Waals surface area contributed by atoms with Crippen LogP contribution < -0.4 is 16.4 Å². The molecule has 0 saturated carbocycles. The minimum atomic E-state index is -0.103. The van der Waals surface area contributed by atoms with Gasteiger partial charge in [0.15, 0.2) is 0 Å². The van der Waals surface area contributed by atoms with Crippen molar-refractivity contribution in [3.8, 4) is 5.75 Å². The standard InChI is InChI=1S/C20H32FN3O.C16H24O3.CH3NO/c1-22-13-16(15-24-6-2-3-7-24)14-23-20-11-18(10-19(21)12-20)17-4-8-25-9-5-17;1-12(4-6-13(2)17)5-7-14-10-16(18)9-8-15(14)11-19-3;2-1-3/h10,12,14,17,20,22-23H,2-9,11,13,15H2,1H3;8-10,12,18H,4-7,11H2,1-3H3;1H,(H2,2,3)/b16-14+;;. The number of likely N-dealkylation sites (tertiary alicyclic amines) is 1. The molecule has 2 unspecified atom stereocenters. The second-order valence-electron chi connectivity index (χ2n) is 12.9. The molecule has 0 radical (unpaired) electrons. The molecule has 4 rings (SSSR count). The molecule has 2 heterocycles. The summed E-state index contributed by atoms with van der Waals surface area (Å²) in [5.41, 5.74) is 9.00. The summed E-state index contributed by atoms with van der Waals surface area (Å²) in [5, 5.41) is 16.3. The van der Waals surface area contributed by atoms with Crippen LogP contribution in [0.5, 0.6) is 5.75 Å². The normalized spacial score (nSPS) is 19.3. The highest BCUT2D eigenvalue weighted by Crippen LogP contribution is 2.31. The predicted molar refractivity (Wildman–Crippen MR) is 187 cm³/mol. The van der Waals surface area contributed by atoms with Crippen molar-refractivity contribution in [3.63, 3.8) is 0 Å². The highest BCUT2D eigenvalue weighted by atomic mass is 19.1. The van der Waals surface area contributed by atoms with Crippen LogP contribution in [0.15, 0.2) is 53.5 Å². The number of carbonyl (C=O) groups excluding carboxylic acids is 2. The van der Waals surface area contributed by atoms with Crippen molar-refractivity contribution >= 4 is 12.2 Å². The maximum absolute atomic E-state index is 14.1. The number of ether oxygens (including phenoxy) is 2. The van der Waals surface area contributed by atoms with E-state index in [0.717, 1.165) is 76.0 Å². The molecule has 1 aliphatic carbocycles. The van der Waals surface area contributed by atoms with Crippen LogP contribution in [0.4, 0.5) is 4.39 Å². The fourth-order valence-corrected chi connectivity index (χ4v) is 6.22. The lowest BCUT2D eigenvalue weighted by Crippen LogP contribution is -2.31. The molecule has 0 spiro atoms. The van der Waals surface area contributed by atoms with E-state index in [4.69, 9.17) is 14.3 Å². The Morgan fingerprint density at radius 3 is 2.55 bits per heavy atom. The third kappa shape index (κ3) is 16.6. The number of Topliss-reactive ketones (excluding diaryl/α,β-unsaturated/α-hetero) is 1. The Morgan fingerprint density at radius 1 is 1.21 bits per heavy atom. The van der Waals surface area contributed by atoms with E-state index < -0.39 is 0 Å². The number of phenolic OH excluding ortho intramolecular Hbond substituents is 1. The van der Waals surface area contributed by atoms with Crippen molar-refractivity contribution in [1.82, 2.24) is 15.5 Å². The predicted octanol–water partition coefficient (Wildman–Crippen LogP) is 5.33. The summed E-state index contributed by atoms with van der Waals surface area (Å²) in [7, 11) is 3.65. The third-order valence-electron chi connectivity index (χ3n) is 8.80. The van der Waals surface area contributed by atoms with E-state index in [0.29, 0.717) is 30.6 Å².